The van der Waals surface area contributed by atoms with Crippen LogP contribution in [0.3, 0.4) is 0 Å². The number of amides is 1. The molecule has 0 atom stereocenters. The van der Waals surface area contributed by atoms with Crippen LogP contribution in [0.25, 0.3) is 11.0 Å². The minimum absolute atomic E-state index is 0.0256. The molecule has 1 amide bonds. The van der Waals surface area contributed by atoms with Crippen molar-refractivity contribution in [3.05, 3.63) is 65.7 Å². The van der Waals surface area contributed by atoms with E-state index >= 15 is 0 Å². The summed E-state index contributed by atoms with van der Waals surface area (Å²) in [7, 11) is 1.94. The van der Waals surface area contributed by atoms with Gasteiger partial charge in [-0.2, -0.15) is 0 Å². The lowest BCUT2D eigenvalue weighted by Gasteiger charge is -2.06. The molecule has 1 heterocycles. The highest BCUT2D eigenvalue weighted by Crippen LogP contribution is 2.14. The monoisotopic (exact) mass is 311 g/mol. The third-order valence-corrected chi connectivity index (χ3v) is 3.80. The van der Waals surface area contributed by atoms with E-state index in [2.05, 4.69) is 10.3 Å². The Morgan fingerprint density at radius 2 is 1.91 bits per heavy atom. The summed E-state index contributed by atoms with van der Waals surface area (Å²) in [5, 5.41) is 2.89. The van der Waals surface area contributed by atoms with Crippen molar-refractivity contribution in [2.75, 3.05) is 6.54 Å². The summed E-state index contributed by atoms with van der Waals surface area (Å²) in [5.74, 6) is -0.273. The summed E-state index contributed by atoms with van der Waals surface area (Å²) < 4.78 is 14.8. The molecule has 0 aliphatic carbocycles. The second-order valence-corrected chi connectivity index (χ2v) is 5.58. The molecule has 23 heavy (non-hydrogen) atoms. The predicted octanol–water partition coefficient (Wildman–Crippen LogP) is 2.61. The van der Waals surface area contributed by atoms with Crippen molar-refractivity contribution in [2.45, 2.75) is 12.8 Å². The summed E-state index contributed by atoms with van der Waals surface area (Å²) in [6.45, 7) is 0.538. The maximum atomic E-state index is 12.8. The van der Waals surface area contributed by atoms with Gasteiger partial charge in [-0.05, 0) is 41.8 Å². The molecule has 0 saturated carbocycles. The maximum Gasteiger partial charge on any atom is 0.224 e. The van der Waals surface area contributed by atoms with Crippen molar-refractivity contribution >= 4 is 16.9 Å². The number of hydrogen-bond acceptors (Lipinski definition) is 2. The van der Waals surface area contributed by atoms with Gasteiger partial charge in [-0.3, -0.25) is 4.79 Å². The van der Waals surface area contributed by atoms with Crippen LogP contribution in [0.1, 0.15) is 11.1 Å². The lowest BCUT2D eigenvalue weighted by molar-refractivity contribution is -0.120. The standard InChI is InChI=1S/C18H18FN3O/c1-22-12-21-16-10-14(4-7-17(16)22)11-18(23)20-9-8-13-2-5-15(19)6-3-13/h2-7,10,12H,8-9,11H2,1H3,(H,20,23). The number of imidazole rings is 1. The van der Waals surface area contributed by atoms with Gasteiger partial charge in [0.15, 0.2) is 0 Å². The van der Waals surface area contributed by atoms with Gasteiger partial charge in [0.05, 0.1) is 23.8 Å². The van der Waals surface area contributed by atoms with Crippen LogP contribution in [-0.2, 0) is 24.7 Å². The van der Waals surface area contributed by atoms with Gasteiger partial charge in [0, 0.05) is 13.6 Å². The smallest absolute Gasteiger partial charge is 0.224 e. The average molecular weight is 311 g/mol. The van der Waals surface area contributed by atoms with E-state index in [0.29, 0.717) is 19.4 Å². The van der Waals surface area contributed by atoms with Crippen molar-refractivity contribution in [1.29, 1.82) is 0 Å². The zero-order chi connectivity index (χ0) is 16.2. The van der Waals surface area contributed by atoms with Crippen molar-refractivity contribution < 1.29 is 9.18 Å². The Morgan fingerprint density at radius 3 is 2.70 bits per heavy atom. The quantitative estimate of drug-likeness (QED) is 0.787. The SMILES string of the molecule is Cn1cnc2cc(CC(=O)NCCc3ccc(F)cc3)ccc21. The predicted molar refractivity (Wildman–Crippen MR) is 87.5 cm³/mol. The Labute approximate surface area is 134 Å². The van der Waals surface area contributed by atoms with Crippen LogP contribution >= 0.6 is 0 Å². The molecule has 0 unspecified atom stereocenters. The number of carbonyl (C=O) groups is 1. The summed E-state index contributed by atoms with van der Waals surface area (Å²) in [6, 6.07) is 12.2. The molecule has 0 aliphatic rings. The zero-order valence-corrected chi connectivity index (χ0v) is 12.9. The largest absolute Gasteiger partial charge is 0.355 e. The van der Waals surface area contributed by atoms with E-state index in [4.69, 9.17) is 0 Å². The Morgan fingerprint density at radius 1 is 1.17 bits per heavy atom. The number of nitrogens with one attached hydrogen (secondary N) is 1. The van der Waals surface area contributed by atoms with E-state index in [1.54, 1.807) is 18.5 Å². The van der Waals surface area contributed by atoms with E-state index in [9.17, 15) is 9.18 Å². The number of nitrogens with zero attached hydrogens (tertiary/aromatic N) is 2. The van der Waals surface area contributed by atoms with Gasteiger partial charge >= 0.3 is 0 Å². The van der Waals surface area contributed by atoms with E-state index in [1.165, 1.54) is 12.1 Å². The summed E-state index contributed by atoms with van der Waals surface area (Å²) in [4.78, 5) is 16.3. The molecule has 118 valence electrons. The number of rotatable bonds is 5. The number of aromatic nitrogens is 2. The minimum atomic E-state index is -0.248. The molecule has 0 radical (unpaired) electrons. The first-order valence-electron chi connectivity index (χ1n) is 7.53. The zero-order valence-electron chi connectivity index (χ0n) is 12.9. The molecule has 5 heteroatoms. The first-order valence-corrected chi connectivity index (χ1v) is 7.53. The van der Waals surface area contributed by atoms with Gasteiger partial charge in [-0.25, -0.2) is 9.37 Å². The molecule has 0 saturated heterocycles. The van der Waals surface area contributed by atoms with Crippen molar-refractivity contribution in [3.8, 4) is 0 Å². The van der Waals surface area contributed by atoms with E-state index in [1.807, 2.05) is 29.8 Å². The van der Waals surface area contributed by atoms with Crippen LogP contribution in [0.4, 0.5) is 4.39 Å². The van der Waals surface area contributed by atoms with Gasteiger partial charge in [-0.15, -0.1) is 0 Å². The second kappa shape index (κ2) is 6.60. The first-order chi connectivity index (χ1) is 11.1. The van der Waals surface area contributed by atoms with E-state index in [0.717, 1.165) is 22.2 Å². The molecule has 0 bridgehead atoms. The summed E-state index contributed by atoms with van der Waals surface area (Å²) in [6.07, 6.45) is 2.78. The molecule has 3 aromatic rings. The number of carbonyl (C=O) groups excluding carboxylic acids is 1. The fourth-order valence-corrected chi connectivity index (χ4v) is 2.54. The molecule has 0 aliphatic heterocycles. The fraction of sp³-hybridized carbons (Fsp3) is 0.222. The van der Waals surface area contributed by atoms with E-state index < -0.39 is 0 Å². The number of benzene rings is 2. The maximum absolute atomic E-state index is 12.8. The number of fused-ring (bicyclic) bond motifs is 1. The molecule has 3 rings (SSSR count). The van der Waals surface area contributed by atoms with Crippen LogP contribution in [0.5, 0.6) is 0 Å². The highest BCUT2D eigenvalue weighted by molar-refractivity contribution is 5.81. The minimum Gasteiger partial charge on any atom is -0.355 e. The van der Waals surface area contributed by atoms with Gasteiger partial charge in [0.25, 0.3) is 0 Å². The molecular weight excluding hydrogens is 293 g/mol. The first kappa shape index (κ1) is 15.2. The van der Waals surface area contributed by atoms with Crippen LogP contribution in [0, 0.1) is 5.82 Å². The molecule has 1 aromatic heterocycles. The number of aryl methyl sites for hydroxylation is 1. The lowest BCUT2D eigenvalue weighted by Crippen LogP contribution is -2.27. The van der Waals surface area contributed by atoms with Gasteiger partial charge in [0.2, 0.25) is 5.91 Å². The van der Waals surface area contributed by atoms with Crippen molar-refractivity contribution in [3.63, 3.8) is 0 Å². The molecule has 4 nitrogen and oxygen atoms in total. The molecule has 2 aromatic carbocycles. The molecule has 0 fully saturated rings. The third-order valence-electron chi connectivity index (χ3n) is 3.80. The van der Waals surface area contributed by atoms with Crippen LogP contribution in [0.2, 0.25) is 0 Å². The molecular formula is C18H18FN3O. The van der Waals surface area contributed by atoms with Crippen LogP contribution < -0.4 is 5.32 Å². The summed E-state index contributed by atoms with van der Waals surface area (Å²) >= 11 is 0. The van der Waals surface area contributed by atoms with Crippen molar-refractivity contribution in [1.82, 2.24) is 14.9 Å². The average Bonchev–Trinajstić information content (AvgIpc) is 2.90. The highest BCUT2D eigenvalue weighted by Gasteiger charge is 2.06. The van der Waals surface area contributed by atoms with Gasteiger partial charge in [0.1, 0.15) is 5.82 Å². The third kappa shape index (κ3) is 3.74. The summed E-state index contributed by atoms with van der Waals surface area (Å²) in [5.41, 5.74) is 3.88. The Kier molecular flexibility index (Phi) is 4.37. The van der Waals surface area contributed by atoms with Crippen LogP contribution in [-0.4, -0.2) is 22.0 Å². The molecule has 0 spiro atoms. The molecule has 1 N–H and O–H groups in total. The Bertz CT molecular complexity index is 824. The Balaban J connectivity index is 1.52. The van der Waals surface area contributed by atoms with Gasteiger partial charge < -0.3 is 9.88 Å². The Hall–Kier alpha value is -2.69. The highest BCUT2D eigenvalue weighted by atomic mass is 19.1. The number of halogens is 1. The second-order valence-electron chi connectivity index (χ2n) is 5.58. The van der Waals surface area contributed by atoms with E-state index in [-0.39, 0.29) is 11.7 Å². The fourth-order valence-electron chi connectivity index (χ4n) is 2.54. The topological polar surface area (TPSA) is 46.9 Å². The normalized spacial score (nSPS) is 10.9. The van der Waals surface area contributed by atoms with Crippen molar-refractivity contribution in [2.24, 2.45) is 7.05 Å². The lowest BCUT2D eigenvalue weighted by atomic mass is 10.1. The van der Waals surface area contributed by atoms with Crippen LogP contribution in [0.15, 0.2) is 48.8 Å². The number of hydrogen-bond donors (Lipinski definition) is 1. The van der Waals surface area contributed by atoms with Gasteiger partial charge in [-0.1, -0.05) is 18.2 Å².